The Morgan fingerprint density at radius 3 is 2.62 bits per heavy atom. The van der Waals surface area contributed by atoms with Gasteiger partial charge in [0.2, 0.25) is 0 Å². The Labute approximate surface area is 227 Å². The molecule has 4 aliphatic heterocycles. The molecule has 0 amide bonds. The topological polar surface area (TPSA) is 53.5 Å². The second kappa shape index (κ2) is 9.83. The molecule has 0 unspecified atom stereocenters. The molecule has 7 heteroatoms. The molecule has 1 aromatic heterocycles. The number of nitrogens with one attached hydrogen (secondary N) is 1. The van der Waals surface area contributed by atoms with Crippen molar-refractivity contribution in [2.75, 3.05) is 31.6 Å². The van der Waals surface area contributed by atoms with Crippen LogP contribution in [0.1, 0.15) is 61.4 Å². The van der Waals surface area contributed by atoms with Gasteiger partial charge in [-0.2, -0.15) is 9.97 Å². The number of likely N-dealkylation sites (tertiary alicyclic amines) is 1. The fourth-order valence-electron chi connectivity index (χ4n) is 7.22. The SMILES string of the molecule is CN1CCC[C@H]1COc1nc2c(c([C@@H]3C[C@H]4CC[C@@H](C3)N4)n1)CCN(c1cccc3cccc(Br)c13)C2. The number of benzene rings is 2. The first kappa shape index (κ1) is 23.9. The number of halogens is 1. The van der Waals surface area contributed by atoms with E-state index in [0.29, 0.717) is 36.7 Å². The molecule has 3 aromatic rings. The molecule has 4 atom stereocenters. The van der Waals surface area contributed by atoms with Crippen molar-refractivity contribution < 1.29 is 4.74 Å². The van der Waals surface area contributed by atoms with Crippen molar-refractivity contribution in [3.8, 4) is 6.01 Å². The summed E-state index contributed by atoms with van der Waals surface area (Å²) in [5.74, 6) is 0.505. The van der Waals surface area contributed by atoms with E-state index in [1.165, 1.54) is 66.2 Å². The van der Waals surface area contributed by atoms with Gasteiger partial charge in [0.05, 0.1) is 17.9 Å². The van der Waals surface area contributed by atoms with Gasteiger partial charge in [-0.3, -0.25) is 0 Å². The van der Waals surface area contributed by atoms with Crippen LogP contribution in [0.2, 0.25) is 0 Å². The maximum atomic E-state index is 6.35. The average Bonchev–Trinajstić information content (AvgIpc) is 3.49. The monoisotopic (exact) mass is 561 g/mol. The Hall–Kier alpha value is -2.22. The maximum absolute atomic E-state index is 6.35. The highest BCUT2D eigenvalue weighted by atomic mass is 79.9. The normalized spacial score (nSPS) is 27.6. The lowest BCUT2D eigenvalue weighted by atomic mass is 9.85. The standard InChI is InChI=1S/C30H36BrN5O/c1-35-13-4-7-23(35)18-37-30-33-26-17-36(27-9-3-6-19-5-2-8-25(31)28(19)27)14-12-24(26)29(34-30)20-15-21-10-11-22(16-20)32-21/h2-3,5-6,8-9,20-23,32H,4,7,10-18H2,1H3/t20-,21-,22+,23-/m0/s1. The van der Waals surface area contributed by atoms with Crippen LogP contribution in [0.5, 0.6) is 6.01 Å². The summed E-state index contributed by atoms with van der Waals surface area (Å²) in [5.41, 5.74) is 5.08. The highest BCUT2D eigenvalue weighted by molar-refractivity contribution is 9.10. The van der Waals surface area contributed by atoms with Crippen LogP contribution in [0.3, 0.4) is 0 Å². The Morgan fingerprint density at radius 1 is 1.03 bits per heavy atom. The first-order chi connectivity index (χ1) is 18.1. The zero-order valence-electron chi connectivity index (χ0n) is 21.6. The Balaban J connectivity index is 1.23. The lowest BCUT2D eigenvalue weighted by Gasteiger charge is -2.35. The van der Waals surface area contributed by atoms with Crippen LogP contribution in [-0.4, -0.2) is 59.7 Å². The summed E-state index contributed by atoms with van der Waals surface area (Å²) in [6.45, 7) is 3.60. The highest BCUT2D eigenvalue weighted by Crippen LogP contribution is 2.41. The van der Waals surface area contributed by atoms with Gasteiger partial charge >= 0.3 is 6.01 Å². The van der Waals surface area contributed by atoms with Crippen LogP contribution < -0.4 is 15.0 Å². The lowest BCUT2D eigenvalue weighted by molar-refractivity contribution is 0.186. The molecule has 1 N–H and O–H groups in total. The van der Waals surface area contributed by atoms with Gasteiger partial charge in [0.1, 0.15) is 6.61 Å². The van der Waals surface area contributed by atoms with Gasteiger partial charge < -0.3 is 19.9 Å². The van der Waals surface area contributed by atoms with E-state index in [1.54, 1.807) is 0 Å². The Morgan fingerprint density at radius 2 is 1.84 bits per heavy atom. The fourth-order valence-corrected chi connectivity index (χ4v) is 7.81. The van der Waals surface area contributed by atoms with Crippen molar-refractivity contribution >= 4 is 32.4 Å². The number of hydrogen-bond acceptors (Lipinski definition) is 6. The number of rotatable bonds is 5. The minimum Gasteiger partial charge on any atom is -0.462 e. The van der Waals surface area contributed by atoms with Crippen LogP contribution in [0.4, 0.5) is 5.69 Å². The summed E-state index contributed by atoms with van der Waals surface area (Å²) in [6, 6.07) is 15.4. The fraction of sp³-hybridized carbons (Fsp3) is 0.533. The minimum absolute atomic E-state index is 0.460. The Kier molecular flexibility index (Phi) is 6.34. The summed E-state index contributed by atoms with van der Waals surface area (Å²) >= 11 is 3.81. The molecule has 5 heterocycles. The number of ether oxygens (including phenoxy) is 1. The highest BCUT2D eigenvalue weighted by Gasteiger charge is 2.37. The summed E-state index contributed by atoms with van der Waals surface area (Å²) in [4.78, 5) is 15.1. The van der Waals surface area contributed by atoms with E-state index in [4.69, 9.17) is 14.7 Å². The smallest absolute Gasteiger partial charge is 0.316 e. The van der Waals surface area contributed by atoms with Gasteiger partial charge in [-0.05, 0) is 81.6 Å². The molecule has 4 aliphatic rings. The molecule has 2 bridgehead atoms. The van der Waals surface area contributed by atoms with Gasteiger partial charge in [-0.15, -0.1) is 0 Å². The van der Waals surface area contributed by atoms with Gasteiger partial charge in [0.25, 0.3) is 0 Å². The molecule has 0 spiro atoms. The van der Waals surface area contributed by atoms with Crippen molar-refractivity contribution in [1.82, 2.24) is 20.2 Å². The van der Waals surface area contributed by atoms with E-state index in [2.05, 4.69) is 74.5 Å². The molecule has 37 heavy (non-hydrogen) atoms. The first-order valence-corrected chi connectivity index (χ1v) is 14.8. The Bertz CT molecular complexity index is 1300. The van der Waals surface area contributed by atoms with Crippen LogP contribution in [-0.2, 0) is 13.0 Å². The largest absolute Gasteiger partial charge is 0.462 e. The lowest BCUT2D eigenvalue weighted by Crippen LogP contribution is -2.39. The van der Waals surface area contributed by atoms with E-state index < -0.39 is 0 Å². The number of fused-ring (bicyclic) bond motifs is 4. The summed E-state index contributed by atoms with van der Waals surface area (Å²) in [5, 5.41) is 6.35. The van der Waals surface area contributed by atoms with E-state index in [1.807, 2.05) is 0 Å². The number of hydrogen-bond donors (Lipinski definition) is 1. The third-order valence-corrected chi connectivity index (χ3v) is 9.85. The summed E-state index contributed by atoms with van der Waals surface area (Å²) in [7, 11) is 2.20. The third kappa shape index (κ3) is 4.53. The van der Waals surface area contributed by atoms with Crippen LogP contribution in [0.25, 0.3) is 10.8 Å². The second-order valence-corrected chi connectivity index (χ2v) is 12.4. The number of nitrogens with zero attached hydrogens (tertiary/aromatic N) is 4. The third-order valence-electron chi connectivity index (χ3n) is 9.19. The molecule has 0 aliphatic carbocycles. The number of anilines is 1. The van der Waals surface area contributed by atoms with Crippen molar-refractivity contribution in [3.05, 3.63) is 57.8 Å². The van der Waals surface area contributed by atoms with Crippen molar-refractivity contribution in [1.29, 1.82) is 0 Å². The zero-order chi connectivity index (χ0) is 24.9. The van der Waals surface area contributed by atoms with Gasteiger partial charge in [-0.1, -0.05) is 40.2 Å². The molecule has 3 saturated heterocycles. The maximum Gasteiger partial charge on any atom is 0.316 e. The van der Waals surface area contributed by atoms with E-state index in [-0.39, 0.29) is 0 Å². The van der Waals surface area contributed by atoms with Gasteiger partial charge in [0, 0.05) is 46.1 Å². The summed E-state index contributed by atoms with van der Waals surface area (Å²) in [6.07, 6.45) is 8.39. The second-order valence-electron chi connectivity index (χ2n) is 11.5. The van der Waals surface area contributed by atoms with E-state index >= 15 is 0 Å². The molecule has 194 valence electrons. The number of piperidine rings is 1. The van der Waals surface area contributed by atoms with Crippen LogP contribution >= 0.6 is 15.9 Å². The van der Waals surface area contributed by atoms with Gasteiger partial charge in [-0.25, -0.2) is 0 Å². The summed E-state index contributed by atoms with van der Waals surface area (Å²) < 4.78 is 7.50. The van der Waals surface area contributed by atoms with Crippen LogP contribution in [0.15, 0.2) is 40.9 Å². The predicted molar refractivity (Wildman–Crippen MR) is 152 cm³/mol. The molecule has 0 saturated carbocycles. The number of aromatic nitrogens is 2. The zero-order valence-corrected chi connectivity index (χ0v) is 23.2. The molecule has 7 rings (SSSR count). The molecule has 0 radical (unpaired) electrons. The molecular weight excluding hydrogens is 526 g/mol. The van der Waals surface area contributed by atoms with Crippen molar-refractivity contribution in [2.24, 2.45) is 0 Å². The number of likely N-dealkylation sites (N-methyl/N-ethyl adjacent to an activating group) is 1. The van der Waals surface area contributed by atoms with E-state index in [0.717, 1.165) is 36.2 Å². The van der Waals surface area contributed by atoms with E-state index in [9.17, 15) is 0 Å². The predicted octanol–water partition coefficient (Wildman–Crippen LogP) is 5.43. The molecule has 2 aromatic carbocycles. The molecule has 3 fully saturated rings. The van der Waals surface area contributed by atoms with Crippen molar-refractivity contribution in [3.63, 3.8) is 0 Å². The molecular formula is C30H36BrN5O. The first-order valence-electron chi connectivity index (χ1n) is 14.0. The average molecular weight is 563 g/mol. The molecule has 6 nitrogen and oxygen atoms in total. The van der Waals surface area contributed by atoms with Gasteiger partial charge in [0.15, 0.2) is 0 Å². The van der Waals surface area contributed by atoms with Crippen molar-refractivity contribution in [2.45, 2.75) is 75.5 Å². The quantitative estimate of drug-likeness (QED) is 0.448. The minimum atomic E-state index is 0.460. The van der Waals surface area contributed by atoms with Crippen LogP contribution in [0, 0.1) is 0 Å².